The number of carbonyl (C=O) groups is 2. The molecular weight excluding hydrogens is 220 g/mol. The van der Waals surface area contributed by atoms with Gasteiger partial charge >= 0.3 is 5.97 Å². The Labute approximate surface area is 102 Å². The summed E-state index contributed by atoms with van der Waals surface area (Å²) in [6.07, 6.45) is 2.41. The largest absolute Gasteiger partial charge is 0.481 e. The van der Waals surface area contributed by atoms with E-state index in [1.807, 2.05) is 11.8 Å². The van der Waals surface area contributed by atoms with Crippen LogP contribution in [0.5, 0.6) is 0 Å². The van der Waals surface area contributed by atoms with E-state index in [-0.39, 0.29) is 18.2 Å². The maximum Gasteiger partial charge on any atom is 0.303 e. The van der Waals surface area contributed by atoms with Gasteiger partial charge in [-0.05, 0) is 25.3 Å². The molecule has 5 heteroatoms. The molecule has 0 unspecified atom stereocenters. The molecule has 1 rings (SSSR count). The topological polar surface area (TPSA) is 69.6 Å². The molecule has 0 aliphatic carbocycles. The van der Waals surface area contributed by atoms with Crippen molar-refractivity contribution in [3.05, 3.63) is 0 Å². The standard InChI is InChI=1S/C12H22N2O3/c1-2-13-6-3-11(15)14-7-4-10(5-8-14)9-12(16)17/h10,13H,2-9H2,1H3,(H,16,17). The van der Waals surface area contributed by atoms with E-state index < -0.39 is 5.97 Å². The van der Waals surface area contributed by atoms with Crippen LogP contribution >= 0.6 is 0 Å². The Morgan fingerprint density at radius 2 is 2.00 bits per heavy atom. The number of likely N-dealkylation sites (tertiary alicyclic amines) is 1. The third-order valence-corrected chi connectivity index (χ3v) is 3.20. The van der Waals surface area contributed by atoms with Crippen molar-refractivity contribution in [3.8, 4) is 0 Å². The van der Waals surface area contributed by atoms with Crippen LogP contribution in [0.2, 0.25) is 0 Å². The van der Waals surface area contributed by atoms with Gasteiger partial charge in [0.25, 0.3) is 0 Å². The number of amides is 1. The Bertz CT molecular complexity index is 260. The lowest BCUT2D eigenvalue weighted by Gasteiger charge is -2.31. The summed E-state index contributed by atoms with van der Waals surface area (Å²) in [6, 6.07) is 0. The van der Waals surface area contributed by atoms with Crippen molar-refractivity contribution in [2.45, 2.75) is 32.6 Å². The number of hydrogen-bond acceptors (Lipinski definition) is 3. The van der Waals surface area contributed by atoms with Crippen molar-refractivity contribution in [1.82, 2.24) is 10.2 Å². The molecule has 1 aliphatic rings. The summed E-state index contributed by atoms with van der Waals surface area (Å²) in [5.74, 6) is -0.313. The van der Waals surface area contributed by atoms with Crippen LogP contribution in [0, 0.1) is 5.92 Å². The number of piperidine rings is 1. The molecule has 0 spiro atoms. The number of hydrogen-bond donors (Lipinski definition) is 2. The summed E-state index contributed by atoms with van der Waals surface area (Å²) in [4.78, 5) is 24.2. The summed E-state index contributed by atoms with van der Waals surface area (Å²) in [6.45, 7) is 5.05. The first-order valence-corrected chi connectivity index (χ1v) is 6.33. The Hall–Kier alpha value is -1.10. The predicted molar refractivity (Wildman–Crippen MR) is 64.7 cm³/mol. The van der Waals surface area contributed by atoms with E-state index in [0.29, 0.717) is 19.5 Å². The summed E-state index contributed by atoms with van der Waals surface area (Å²) in [7, 11) is 0. The quantitative estimate of drug-likeness (QED) is 0.673. The van der Waals surface area contributed by atoms with Gasteiger partial charge in [0.1, 0.15) is 0 Å². The van der Waals surface area contributed by atoms with Gasteiger partial charge in [-0.1, -0.05) is 6.92 Å². The maximum atomic E-state index is 11.8. The molecule has 1 heterocycles. The molecule has 0 aromatic heterocycles. The lowest BCUT2D eigenvalue weighted by molar-refractivity contribution is -0.138. The predicted octanol–water partition coefficient (Wildman–Crippen LogP) is 0.699. The molecule has 2 N–H and O–H groups in total. The van der Waals surface area contributed by atoms with Gasteiger partial charge < -0.3 is 15.3 Å². The van der Waals surface area contributed by atoms with Crippen molar-refractivity contribution in [2.24, 2.45) is 5.92 Å². The fraction of sp³-hybridized carbons (Fsp3) is 0.833. The number of carbonyl (C=O) groups excluding carboxylic acids is 1. The van der Waals surface area contributed by atoms with Crippen LogP contribution in [0.25, 0.3) is 0 Å². The molecular formula is C12H22N2O3. The SMILES string of the molecule is CCNCCC(=O)N1CCC(CC(=O)O)CC1. The van der Waals surface area contributed by atoms with E-state index >= 15 is 0 Å². The van der Waals surface area contributed by atoms with E-state index in [2.05, 4.69) is 5.32 Å². The van der Waals surface area contributed by atoms with E-state index in [0.717, 1.165) is 25.9 Å². The summed E-state index contributed by atoms with van der Waals surface area (Å²) in [5, 5.41) is 11.8. The molecule has 0 radical (unpaired) electrons. The second-order valence-electron chi connectivity index (χ2n) is 4.53. The average molecular weight is 242 g/mol. The van der Waals surface area contributed by atoms with Gasteiger partial charge in [0.05, 0.1) is 0 Å². The van der Waals surface area contributed by atoms with Gasteiger partial charge in [0, 0.05) is 32.5 Å². The van der Waals surface area contributed by atoms with Crippen molar-refractivity contribution >= 4 is 11.9 Å². The highest BCUT2D eigenvalue weighted by Gasteiger charge is 2.23. The van der Waals surface area contributed by atoms with Crippen LogP contribution in [-0.4, -0.2) is 48.1 Å². The number of nitrogens with zero attached hydrogens (tertiary/aromatic N) is 1. The number of carboxylic acids is 1. The molecule has 17 heavy (non-hydrogen) atoms. The average Bonchev–Trinajstić information content (AvgIpc) is 2.29. The first kappa shape index (κ1) is 14.0. The van der Waals surface area contributed by atoms with Crippen molar-refractivity contribution in [2.75, 3.05) is 26.2 Å². The monoisotopic (exact) mass is 242 g/mol. The van der Waals surface area contributed by atoms with Gasteiger partial charge in [-0.15, -0.1) is 0 Å². The summed E-state index contributed by atoms with van der Waals surface area (Å²) >= 11 is 0. The first-order chi connectivity index (χ1) is 8.13. The van der Waals surface area contributed by atoms with Crippen LogP contribution in [0.3, 0.4) is 0 Å². The molecule has 0 atom stereocenters. The van der Waals surface area contributed by atoms with Crippen LogP contribution < -0.4 is 5.32 Å². The molecule has 0 aromatic carbocycles. The smallest absolute Gasteiger partial charge is 0.303 e. The van der Waals surface area contributed by atoms with E-state index in [9.17, 15) is 9.59 Å². The maximum absolute atomic E-state index is 11.8. The molecule has 1 aliphatic heterocycles. The molecule has 0 saturated carbocycles. The minimum absolute atomic E-state index is 0.180. The fourth-order valence-electron chi connectivity index (χ4n) is 2.16. The van der Waals surface area contributed by atoms with Crippen molar-refractivity contribution < 1.29 is 14.7 Å². The molecule has 0 aromatic rings. The van der Waals surface area contributed by atoms with Crippen LogP contribution in [-0.2, 0) is 9.59 Å². The zero-order valence-corrected chi connectivity index (χ0v) is 10.4. The molecule has 1 amide bonds. The van der Waals surface area contributed by atoms with Crippen molar-refractivity contribution in [1.29, 1.82) is 0 Å². The number of aliphatic carboxylic acids is 1. The summed E-state index contributed by atoms with van der Waals surface area (Å²) in [5.41, 5.74) is 0. The second-order valence-corrected chi connectivity index (χ2v) is 4.53. The number of rotatable bonds is 6. The van der Waals surface area contributed by atoms with Gasteiger partial charge in [0.15, 0.2) is 0 Å². The third-order valence-electron chi connectivity index (χ3n) is 3.20. The highest BCUT2D eigenvalue weighted by atomic mass is 16.4. The van der Waals surface area contributed by atoms with E-state index in [1.54, 1.807) is 0 Å². The Balaban J connectivity index is 2.21. The van der Waals surface area contributed by atoms with Gasteiger partial charge in [-0.3, -0.25) is 9.59 Å². The summed E-state index contributed by atoms with van der Waals surface area (Å²) < 4.78 is 0. The lowest BCUT2D eigenvalue weighted by Crippen LogP contribution is -2.39. The fourth-order valence-corrected chi connectivity index (χ4v) is 2.16. The normalized spacial score (nSPS) is 17.1. The zero-order chi connectivity index (χ0) is 12.7. The molecule has 0 bridgehead atoms. The van der Waals surface area contributed by atoms with E-state index in [1.165, 1.54) is 0 Å². The molecule has 1 fully saturated rings. The van der Waals surface area contributed by atoms with Crippen LogP contribution in [0.4, 0.5) is 0 Å². The van der Waals surface area contributed by atoms with Crippen LogP contribution in [0.1, 0.15) is 32.6 Å². The molecule has 98 valence electrons. The highest BCUT2D eigenvalue weighted by Crippen LogP contribution is 2.20. The molecule has 5 nitrogen and oxygen atoms in total. The number of nitrogens with one attached hydrogen (secondary N) is 1. The third kappa shape index (κ3) is 5.17. The second kappa shape index (κ2) is 7.27. The number of carboxylic acid groups (broad SMARTS) is 1. The molecule has 1 saturated heterocycles. The van der Waals surface area contributed by atoms with Gasteiger partial charge in [0.2, 0.25) is 5.91 Å². The first-order valence-electron chi connectivity index (χ1n) is 6.33. The Morgan fingerprint density at radius 3 is 2.53 bits per heavy atom. The van der Waals surface area contributed by atoms with E-state index in [4.69, 9.17) is 5.11 Å². The van der Waals surface area contributed by atoms with Crippen molar-refractivity contribution in [3.63, 3.8) is 0 Å². The minimum Gasteiger partial charge on any atom is -0.481 e. The van der Waals surface area contributed by atoms with Crippen LogP contribution in [0.15, 0.2) is 0 Å². The zero-order valence-electron chi connectivity index (χ0n) is 10.4. The highest BCUT2D eigenvalue weighted by molar-refractivity contribution is 5.76. The Kier molecular flexibility index (Phi) is 5.97. The lowest BCUT2D eigenvalue weighted by atomic mass is 9.93. The minimum atomic E-state index is -0.734. The Morgan fingerprint density at radius 1 is 1.35 bits per heavy atom. The van der Waals surface area contributed by atoms with Gasteiger partial charge in [-0.2, -0.15) is 0 Å². The van der Waals surface area contributed by atoms with Gasteiger partial charge in [-0.25, -0.2) is 0 Å².